The van der Waals surface area contributed by atoms with Crippen LogP contribution >= 0.6 is 0 Å². The Hall–Kier alpha value is -0.120. The number of hydrogen-bond acceptors (Lipinski definition) is 3. The lowest BCUT2D eigenvalue weighted by Crippen LogP contribution is -2.51. The molecule has 1 rings (SSSR count). The van der Waals surface area contributed by atoms with Crippen molar-refractivity contribution in [3.8, 4) is 0 Å². The first-order valence-electron chi connectivity index (χ1n) is 3.35. The van der Waals surface area contributed by atoms with Crippen LogP contribution in [0, 0.1) is 0 Å². The molecule has 0 aromatic heterocycles. The standard InChI is InChI=1S/C6H14N2O/c1-5-6(2)9-4-3-8(5)7/h5-6H,3-4,7H2,1-2H3/t5-,6+/m1/s1. The van der Waals surface area contributed by atoms with Crippen molar-refractivity contribution < 1.29 is 4.74 Å². The van der Waals surface area contributed by atoms with E-state index in [-0.39, 0.29) is 6.10 Å². The van der Waals surface area contributed by atoms with Gasteiger partial charge in [0.1, 0.15) is 0 Å². The predicted molar refractivity (Wildman–Crippen MR) is 35.8 cm³/mol. The van der Waals surface area contributed by atoms with Gasteiger partial charge in [-0.25, -0.2) is 5.01 Å². The van der Waals surface area contributed by atoms with Crippen LogP contribution in [0.1, 0.15) is 13.8 Å². The van der Waals surface area contributed by atoms with E-state index in [4.69, 9.17) is 10.6 Å². The maximum Gasteiger partial charge on any atom is 0.0714 e. The quantitative estimate of drug-likeness (QED) is 0.468. The van der Waals surface area contributed by atoms with Gasteiger partial charge >= 0.3 is 0 Å². The third-order valence-electron chi connectivity index (χ3n) is 1.93. The van der Waals surface area contributed by atoms with Crippen molar-refractivity contribution in [3.63, 3.8) is 0 Å². The van der Waals surface area contributed by atoms with Crippen LogP contribution in [0.3, 0.4) is 0 Å². The van der Waals surface area contributed by atoms with Crippen molar-refractivity contribution in [2.45, 2.75) is 26.0 Å². The monoisotopic (exact) mass is 130 g/mol. The molecule has 0 radical (unpaired) electrons. The van der Waals surface area contributed by atoms with Gasteiger partial charge in [-0.1, -0.05) is 0 Å². The van der Waals surface area contributed by atoms with Crippen LogP contribution in [0.5, 0.6) is 0 Å². The number of hydrogen-bond donors (Lipinski definition) is 1. The third kappa shape index (κ3) is 1.41. The molecule has 0 spiro atoms. The molecule has 0 saturated carbocycles. The van der Waals surface area contributed by atoms with Gasteiger partial charge in [-0.15, -0.1) is 0 Å². The molecule has 9 heavy (non-hydrogen) atoms. The number of morpholine rings is 1. The normalized spacial score (nSPS) is 39.0. The molecule has 1 aliphatic rings. The smallest absolute Gasteiger partial charge is 0.0714 e. The zero-order valence-corrected chi connectivity index (χ0v) is 6.00. The highest BCUT2D eigenvalue weighted by atomic mass is 16.5. The molecule has 2 atom stereocenters. The Morgan fingerprint density at radius 3 is 2.67 bits per heavy atom. The second-order valence-electron chi connectivity index (χ2n) is 2.55. The lowest BCUT2D eigenvalue weighted by molar-refractivity contribution is -0.0557. The summed E-state index contributed by atoms with van der Waals surface area (Å²) in [5.74, 6) is 5.62. The van der Waals surface area contributed by atoms with Gasteiger partial charge in [-0.2, -0.15) is 0 Å². The van der Waals surface area contributed by atoms with Crippen LogP contribution in [0.4, 0.5) is 0 Å². The van der Waals surface area contributed by atoms with E-state index in [1.54, 1.807) is 0 Å². The van der Waals surface area contributed by atoms with Crippen molar-refractivity contribution in [2.24, 2.45) is 5.84 Å². The summed E-state index contributed by atoms with van der Waals surface area (Å²) in [6, 6.07) is 0.360. The molecule has 0 aliphatic carbocycles. The van der Waals surface area contributed by atoms with Crippen LogP contribution < -0.4 is 5.84 Å². The zero-order chi connectivity index (χ0) is 6.85. The SMILES string of the molecule is C[C@@H]1OCCN(N)[C@@H]1C. The Labute approximate surface area is 55.7 Å². The number of ether oxygens (including phenoxy) is 1. The fourth-order valence-corrected chi connectivity index (χ4v) is 0.957. The Morgan fingerprint density at radius 2 is 2.22 bits per heavy atom. The van der Waals surface area contributed by atoms with Crippen molar-refractivity contribution in [1.82, 2.24) is 5.01 Å². The fraction of sp³-hybridized carbons (Fsp3) is 1.00. The molecular formula is C6H14N2O. The molecule has 0 amide bonds. The number of nitrogens with zero attached hydrogens (tertiary/aromatic N) is 1. The number of hydrazine groups is 1. The van der Waals surface area contributed by atoms with E-state index in [2.05, 4.69) is 6.92 Å². The summed E-state index contributed by atoms with van der Waals surface area (Å²) in [4.78, 5) is 0. The van der Waals surface area contributed by atoms with Gasteiger partial charge in [0.25, 0.3) is 0 Å². The maximum atomic E-state index is 5.62. The highest BCUT2D eigenvalue weighted by Gasteiger charge is 2.22. The Kier molecular flexibility index (Phi) is 2.05. The first-order valence-corrected chi connectivity index (χ1v) is 3.35. The van der Waals surface area contributed by atoms with Gasteiger partial charge in [-0.05, 0) is 13.8 Å². The van der Waals surface area contributed by atoms with Gasteiger partial charge in [0.15, 0.2) is 0 Å². The third-order valence-corrected chi connectivity index (χ3v) is 1.93. The topological polar surface area (TPSA) is 38.5 Å². The maximum absolute atomic E-state index is 5.62. The molecule has 1 aliphatic heterocycles. The minimum atomic E-state index is 0.281. The van der Waals surface area contributed by atoms with Crippen LogP contribution in [0.25, 0.3) is 0 Å². The molecule has 1 saturated heterocycles. The largest absolute Gasteiger partial charge is 0.375 e. The minimum absolute atomic E-state index is 0.281. The Bertz CT molecular complexity index is 87.1. The second kappa shape index (κ2) is 2.64. The molecule has 1 fully saturated rings. The summed E-state index contributed by atoms with van der Waals surface area (Å²) >= 11 is 0. The first kappa shape index (κ1) is 6.99. The van der Waals surface area contributed by atoms with E-state index in [1.165, 1.54) is 0 Å². The van der Waals surface area contributed by atoms with Crippen molar-refractivity contribution >= 4 is 0 Å². The number of nitrogens with two attached hydrogens (primary N) is 1. The molecule has 0 unspecified atom stereocenters. The molecule has 2 N–H and O–H groups in total. The molecule has 0 bridgehead atoms. The van der Waals surface area contributed by atoms with Gasteiger partial charge in [0.05, 0.1) is 12.7 Å². The minimum Gasteiger partial charge on any atom is -0.375 e. The molecule has 3 nitrogen and oxygen atoms in total. The first-order chi connectivity index (χ1) is 4.22. The molecule has 3 heteroatoms. The van der Waals surface area contributed by atoms with Crippen molar-refractivity contribution in [3.05, 3.63) is 0 Å². The zero-order valence-electron chi connectivity index (χ0n) is 6.00. The predicted octanol–water partition coefficient (Wildman–Crippen LogP) is -0.0307. The molecule has 1 heterocycles. The van der Waals surface area contributed by atoms with Crippen molar-refractivity contribution in [1.29, 1.82) is 0 Å². The lowest BCUT2D eigenvalue weighted by Gasteiger charge is -2.34. The average molecular weight is 130 g/mol. The van der Waals surface area contributed by atoms with Gasteiger partial charge in [0.2, 0.25) is 0 Å². The Balaban J connectivity index is 2.41. The summed E-state index contributed by atoms with van der Waals surface area (Å²) in [6.07, 6.45) is 0.281. The highest BCUT2D eigenvalue weighted by molar-refractivity contribution is 4.72. The van der Waals surface area contributed by atoms with E-state index in [0.29, 0.717) is 6.04 Å². The summed E-state index contributed by atoms with van der Waals surface area (Å²) in [6.45, 7) is 5.74. The van der Waals surface area contributed by atoms with Crippen LogP contribution in [-0.2, 0) is 4.74 Å². The van der Waals surface area contributed by atoms with E-state index in [1.807, 2.05) is 11.9 Å². The van der Waals surface area contributed by atoms with Gasteiger partial charge in [0, 0.05) is 12.6 Å². The van der Waals surface area contributed by atoms with Crippen molar-refractivity contribution in [2.75, 3.05) is 13.2 Å². The molecule has 0 aromatic carbocycles. The summed E-state index contributed by atoms with van der Waals surface area (Å²) in [5, 5.41) is 1.83. The van der Waals surface area contributed by atoms with E-state index in [9.17, 15) is 0 Å². The molecular weight excluding hydrogens is 116 g/mol. The van der Waals surface area contributed by atoms with Gasteiger partial charge < -0.3 is 4.74 Å². The molecule has 0 aromatic rings. The van der Waals surface area contributed by atoms with E-state index >= 15 is 0 Å². The summed E-state index contributed by atoms with van der Waals surface area (Å²) < 4.78 is 5.34. The summed E-state index contributed by atoms with van der Waals surface area (Å²) in [7, 11) is 0. The second-order valence-corrected chi connectivity index (χ2v) is 2.55. The molecule has 54 valence electrons. The van der Waals surface area contributed by atoms with Crippen LogP contribution in [0.15, 0.2) is 0 Å². The highest BCUT2D eigenvalue weighted by Crippen LogP contribution is 2.08. The fourth-order valence-electron chi connectivity index (χ4n) is 0.957. The summed E-state index contributed by atoms with van der Waals surface area (Å²) in [5.41, 5.74) is 0. The van der Waals surface area contributed by atoms with E-state index in [0.717, 1.165) is 13.2 Å². The van der Waals surface area contributed by atoms with Crippen LogP contribution in [-0.4, -0.2) is 30.3 Å². The lowest BCUT2D eigenvalue weighted by atomic mass is 10.2. The number of rotatable bonds is 0. The van der Waals surface area contributed by atoms with Gasteiger partial charge in [-0.3, -0.25) is 5.84 Å². The van der Waals surface area contributed by atoms with E-state index < -0.39 is 0 Å². The van der Waals surface area contributed by atoms with Crippen LogP contribution in [0.2, 0.25) is 0 Å². The average Bonchev–Trinajstić information content (AvgIpc) is 1.83. The Morgan fingerprint density at radius 1 is 1.56 bits per heavy atom.